The predicted molar refractivity (Wildman–Crippen MR) is 75.9 cm³/mol. The molecule has 0 aliphatic carbocycles. The normalized spacial score (nSPS) is 10.5. The smallest absolute Gasteiger partial charge is 0.150 e. The molecule has 0 spiro atoms. The molecule has 6 heteroatoms. The molecule has 0 aromatic heterocycles. The van der Waals surface area contributed by atoms with Crippen LogP contribution in [0.2, 0.25) is 0 Å². The zero-order valence-corrected chi connectivity index (χ0v) is 11.3. The second kappa shape index (κ2) is 5.87. The molecule has 0 bridgehead atoms. The Labute approximate surface area is 120 Å². The molecule has 2 aromatic carbocycles. The lowest BCUT2D eigenvalue weighted by molar-refractivity contribution is 0.570. The zero-order chi connectivity index (χ0) is 15.6. The van der Waals surface area contributed by atoms with Crippen molar-refractivity contribution in [3.05, 3.63) is 65.0 Å². The minimum absolute atomic E-state index is 0.0138. The molecule has 3 nitrogen and oxygen atoms in total. The van der Waals surface area contributed by atoms with Gasteiger partial charge >= 0.3 is 0 Å². The number of anilines is 1. The highest BCUT2D eigenvalue weighted by atomic mass is 19.1. The number of hydrogen-bond donors (Lipinski definition) is 2. The average molecular weight is 293 g/mol. The third-order valence-corrected chi connectivity index (χ3v) is 3.07. The molecule has 0 amide bonds. The van der Waals surface area contributed by atoms with Crippen LogP contribution in [-0.2, 0) is 6.54 Å². The largest absolute Gasteiger partial charge is 0.384 e. The Morgan fingerprint density at radius 1 is 1.10 bits per heavy atom. The van der Waals surface area contributed by atoms with E-state index in [0.717, 1.165) is 12.1 Å². The van der Waals surface area contributed by atoms with E-state index in [9.17, 15) is 13.2 Å². The highest BCUT2D eigenvalue weighted by molar-refractivity contribution is 5.95. The van der Waals surface area contributed by atoms with Gasteiger partial charge in [-0.25, -0.2) is 13.2 Å². The molecule has 0 heterocycles. The molecule has 0 radical (unpaired) electrons. The number of halogens is 3. The summed E-state index contributed by atoms with van der Waals surface area (Å²) < 4.78 is 41.6. The lowest BCUT2D eigenvalue weighted by Crippen LogP contribution is -2.21. The van der Waals surface area contributed by atoms with Crippen molar-refractivity contribution in [2.24, 2.45) is 5.73 Å². The van der Waals surface area contributed by atoms with E-state index in [0.29, 0.717) is 5.56 Å². The molecular weight excluding hydrogens is 279 g/mol. The maximum absolute atomic E-state index is 14.0. The van der Waals surface area contributed by atoms with Gasteiger partial charge in [-0.15, -0.1) is 0 Å². The summed E-state index contributed by atoms with van der Waals surface area (Å²) in [6.07, 6.45) is 0. The molecule has 2 rings (SSSR count). The molecule has 0 fully saturated rings. The van der Waals surface area contributed by atoms with Crippen molar-refractivity contribution < 1.29 is 13.2 Å². The molecule has 0 aliphatic heterocycles. The molecule has 110 valence electrons. The minimum Gasteiger partial charge on any atom is -0.384 e. The van der Waals surface area contributed by atoms with Crippen molar-refractivity contribution in [3.63, 3.8) is 0 Å². The molecule has 0 aliphatic rings. The van der Waals surface area contributed by atoms with Crippen molar-refractivity contribution >= 4 is 11.5 Å². The number of amidine groups is 1. The summed E-state index contributed by atoms with van der Waals surface area (Å²) in [6.45, 7) is 0.0138. The highest BCUT2D eigenvalue weighted by Gasteiger charge is 2.17. The van der Waals surface area contributed by atoms with E-state index >= 15 is 0 Å². The lowest BCUT2D eigenvalue weighted by Gasteiger charge is -2.21. The second-order valence-electron chi connectivity index (χ2n) is 4.65. The number of nitrogen functional groups attached to an aromatic ring is 1. The average Bonchev–Trinajstić information content (AvgIpc) is 2.40. The Bertz CT molecular complexity index is 663. The topological polar surface area (TPSA) is 53.1 Å². The van der Waals surface area contributed by atoms with Crippen LogP contribution in [0, 0.1) is 22.9 Å². The summed E-state index contributed by atoms with van der Waals surface area (Å²) in [5, 5.41) is 7.20. The maximum Gasteiger partial charge on any atom is 0.150 e. The number of nitrogens with zero attached hydrogens (tertiary/aromatic N) is 1. The van der Waals surface area contributed by atoms with Gasteiger partial charge in [0.2, 0.25) is 0 Å². The van der Waals surface area contributed by atoms with Crippen LogP contribution in [0.3, 0.4) is 0 Å². The summed E-state index contributed by atoms with van der Waals surface area (Å²) >= 11 is 0. The molecule has 0 saturated carbocycles. The molecule has 0 atom stereocenters. The first kappa shape index (κ1) is 14.9. The Balaban J connectivity index is 2.34. The van der Waals surface area contributed by atoms with E-state index in [-0.39, 0.29) is 17.8 Å². The van der Waals surface area contributed by atoms with Crippen LogP contribution in [0.4, 0.5) is 18.9 Å². The van der Waals surface area contributed by atoms with Crippen LogP contribution in [0.1, 0.15) is 11.1 Å². The van der Waals surface area contributed by atoms with Crippen molar-refractivity contribution in [1.82, 2.24) is 0 Å². The Kier molecular flexibility index (Phi) is 4.16. The first-order valence-corrected chi connectivity index (χ1v) is 6.18. The number of benzene rings is 2. The number of nitrogens with two attached hydrogens (primary N) is 1. The van der Waals surface area contributed by atoms with Crippen LogP contribution in [-0.4, -0.2) is 12.9 Å². The second-order valence-corrected chi connectivity index (χ2v) is 4.65. The third-order valence-electron chi connectivity index (χ3n) is 3.07. The van der Waals surface area contributed by atoms with Gasteiger partial charge in [-0.2, -0.15) is 0 Å². The Morgan fingerprint density at radius 2 is 1.67 bits per heavy atom. The van der Waals surface area contributed by atoms with E-state index < -0.39 is 23.3 Å². The van der Waals surface area contributed by atoms with Gasteiger partial charge in [0, 0.05) is 24.7 Å². The first-order chi connectivity index (χ1) is 9.90. The summed E-state index contributed by atoms with van der Waals surface area (Å²) in [7, 11) is 1.46. The fourth-order valence-electron chi connectivity index (χ4n) is 2.05. The zero-order valence-electron chi connectivity index (χ0n) is 11.3. The van der Waals surface area contributed by atoms with Gasteiger partial charge in [0.05, 0.1) is 0 Å². The Morgan fingerprint density at radius 3 is 2.19 bits per heavy atom. The van der Waals surface area contributed by atoms with E-state index in [1.54, 1.807) is 18.2 Å². The maximum atomic E-state index is 14.0. The van der Waals surface area contributed by atoms with Gasteiger partial charge in [-0.1, -0.05) is 18.2 Å². The van der Waals surface area contributed by atoms with Gasteiger partial charge in [-0.05, 0) is 18.2 Å². The monoisotopic (exact) mass is 293 g/mol. The number of hydrogen-bond acceptors (Lipinski definition) is 2. The van der Waals surface area contributed by atoms with Crippen LogP contribution in [0.15, 0.2) is 36.4 Å². The first-order valence-electron chi connectivity index (χ1n) is 6.18. The lowest BCUT2D eigenvalue weighted by atomic mass is 10.1. The molecular formula is C15H14F3N3. The van der Waals surface area contributed by atoms with E-state index in [1.165, 1.54) is 18.0 Å². The Hall–Kier alpha value is -2.50. The predicted octanol–water partition coefficient (Wildman–Crippen LogP) is 3.02. The van der Waals surface area contributed by atoms with Crippen molar-refractivity contribution in [3.8, 4) is 0 Å². The van der Waals surface area contributed by atoms with E-state index in [2.05, 4.69) is 0 Å². The molecule has 0 unspecified atom stereocenters. The van der Waals surface area contributed by atoms with Crippen molar-refractivity contribution in [2.45, 2.75) is 6.54 Å². The van der Waals surface area contributed by atoms with Crippen LogP contribution in [0.25, 0.3) is 0 Å². The standard InChI is InChI=1S/C15H14F3N3/c1-21(8-9-4-2-3-5-11(9)16)14-12(17)6-10(15(19)20)7-13(14)18/h2-7H,8H2,1H3,(H3,19,20). The van der Waals surface area contributed by atoms with Crippen LogP contribution < -0.4 is 10.6 Å². The summed E-state index contributed by atoms with van der Waals surface area (Å²) in [6, 6.07) is 8.00. The minimum atomic E-state index is -0.848. The van der Waals surface area contributed by atoms with Gasteiger partial charge < -0.3 is 10.6 Å². The van der Waals surface area contributed by atoms with E-state index in [4.69, 9.17) is 11.1 Å². The fourth-order valence-corrected chi connectivity index (χ4v) is 2.05. The van der Waals surface area contributed by atoms with Gasteiger partial charge in [0.25, 0.3) is 0 Å². The van der Waals surface area contributed by atoms with E-state index in [1.807, 2.05) is 0 Å². The van der Waals surface area contributed by atoms with Crippen LogP contribution >= 0.6 is 0 Å². The van der Waals surface area contributed by atoms with Gasteiger partial charge in [0.15, 0.2) is 0 Å². The van der Waals surface area contributed by atoms with Gasteiger partial charge in [-0.3, -0.25) is 5.41 Å². The van der Waals surface area contributed by atoms with Crippen LogP contribution in [0.5, 0.6) is 0 Å². The van der Waals surface area contributed by atoms with Gasteiger partial charge in [0.1, 0.15) is 29.0 Å². The summed E-state index contributed by atoms with van der Waals surface area (Å²) in [5.74, 6) is -2.56. The number of nitrogens with one attached hydrogen (secondary N) is 1. The van der Waals surface area contributed by atoms with Crippen molar-refractivity contribution in [1.29, 1.82) is 5.41 Å². The highest BCUT2D eigenvalue weighted by Crippen LogP contribution is 2.25. The summed E-state index contributed by atoms with van der Waals surface area (Å²) in [4.78, 5) is 1.27. The SMILES string of the molecule is CN(Cc1ccccc1F)c1c(F)cc(C(=N)N)cc1F. The molecule has 2 aromatic rings. The summed E-state index contributed by atoms with van der Waals surface area (Å²) in [5.41, 5.74) is 5.21. The number of rotatable bonds is 4. The molecule has 0 saturated heterocycles. The van der Waals surface area contributed by atoms with Crippen molar-refractivity contribution in [2.75, 3.05) is 11.9 Å². The quantitative estimate of drug-likeness (QED) is 0.672. The third kappa shape index (κ3) is 3.16. The molecule has 21 heavy (non-hydrogen) atoms. The fraction of sp³-hybridized carbons (Fsp3) is 0.133. The molecule has 3 N–H and O–H groups in total.